The molecule has 10 heteroatoms. The molecule has 0 spiro atoms. The molecule has 38 heavy (non-hydrogen) atoms. The number of hydrogen-bond acceptors (Lipinski definition) is 7. The summed E-state index contributed by atoms with van der Waals surface area (Å²) >= 11 is 0. The molecule has 2 aliphatic rings. The Labute approximate surface area is 224 Å². The number of nitrogens with zero attached hydrogens (tertiary/aromatic N) is 1. The van der Waals surface area contributed by atoms with Crippen LogP contribution < -0.4 is 10.6 Å². The highest BCUT2D eigenvalue weighted by molar-refractivity contribution is 6.05. The normalized spacial score (nSPS) is 17.4. The number of piperidine rings is 1. The lowest BCUT2D eigenvalue weighted by Crippen LogP contribution is -2.52. The van der Waals surface area contributed by atoms with Crippen molar-refractivity contribution in [2.24, 2.45) is 0 Å². The van der Waals surface area contributed by atoms with Gasteiger partial charge >= 0.3 is 6.09 Å². The Morgan fingerprint density at radius 1 is 1.03 bits per heavy atom. The molecule has 1 unspecified atom stereocenters. The highest BCUT2D eigenvalue weighted by Gasteiger charge is 2.39. The molecule has 2 aliphatic heterocycles. The number of benzene rings is 1. The van der Waals surface area contributed by atoms with Gasteiger partial charge in [0.2, 0.25) is 11.8 Å². The molecule has 0 radical (unpaired) electrons. The van der Waals surface area contributed by atoms with Crippen LogP contribution in [0, 0.1) is 0 Å². The summed E-state index contributed by atoms with van der Waals surface area (Å²) in [5, 5.41) is 4.99. The predicted octanol–water partition coefficient (Wildman–Crippen LogP) is 3.11. The van der Waals surface area contributed by atoms with Crippen LogP contribution in [0.3, 0.4) is 0 Å². The van der Waals surface area contributed by atoms with E-state index in [1.165, 1.54) is 0 Å². The number of amides is 4. The fourth-order valence-electron chi connectivity index (χ4n) is 4.62. The lowest BCUT2D eigenvalue weighted by molar-refractivity contribution is -0.136. The van der Waals surface area contributed by atoms with Crippen LogP contribution in [-0.4, -0.2) is 73.3 Å². The molecule has 2 heterocycles. The fraction of sp³-hybridized carbons (Fsp3) is 0.643. The van der Waals surface area contributed by atoms with Crippen molar-refractivity contribution in [1.29, 1.82) is 0 Å². The summed E-state index contributed by atoms with van der Waals surface area (Å²) in [6, 6.07) is 5.21. The maximum Gasteiger partial charge on any atom is 0.407 e. The van der Waals surface area contributed by atoms with Gasteiger partial charge in [0, 0.05) is 31.7 Å². The van der Waals surface area contributed by atoms with Crippen molar-refractivity contribution in [1.82, 2.24) is 15.5 Å². The molecular formula is C28H41N3O7. The monoisotopic (exact) mass is 531 g/mol. The summed E-state index contributed by atoms with van der Waals surface area (Å²) < 4.78 is 16.2. The summed E-state index contributed by atoms with van der Waals surface area (Å²) in [5.74, 6) is -0.788. The van der Waals surface area contributed by atoms with Crippen molar-refractivity contribution in [2.75, 3.05) is 33.0 Å². The summed E-state index contributed by atoms with van der Waals surface area (Å²) in [4.78, 5) is 49.8. The summed E-state index contributed by atoms with van der Waals surface area (Å²) in [7, 11) is 0. The number of carbonyl (C=O) groups excluding carboxylic acids is 4. The van der Waals surface area contributed by atoms with E-state index in [9.17, 15) is 19.2 Å². The van der Waals surface area contributed by atoms with Gasteiger partial charge in [0.1, 0.15) is 11.6 Å². The third-order valence-corrected chi connectivity index (χ3v) is 6.45. The number of aryl methyl sites for hydroxylation is 1. The summed E-state index contributed by atoms with van der Waals surface area (Å²) in [6.07, 6.45) is 5.16. The van der Waals surface area contributed by atoms with E-state index in [-0.39, 0.29) is 24.1 Å². The fourth-order valence-corrected chi connectivity index (χ4v) is 4.62. The van der Waals surface area contributed by atoms with Crippen LogP contribution in [0.1, 0.15) is 80.8 Å². The van der Waals surface area contributed by atoms with E-state index in [0.29, 0.717) is 51.5 Å². The molecule has 4 amide bonds. The van der Waals surface area contributed by atoms with Gasteiger partial charge in [-0.1, -0.05) is 25.0 Å². The highest BCUT2D eigenvalue weighted by atomic mass is 16.6. The van der Waals surface area contributed by atoms with E-state index in [0.717, 1.165) is 43.2 Å². The second-order valence-corrected chi connectivity index (χ2v) is 10.7. The minimum absolute atomic E-state index is 0.128. The summed E-state index contributed by atoms with van der Waals surface area (Å²) in [5.41, 5.74) is 2.32. The Morgan fingerprint density at radius 2 is 1.76 bits per heavy atom. The molecule has 1 aromatic rings. The highest BCUT2D eigenvalue weighted by Crippen LogP contribution is 2.30. The van der Waals surface area contributed by atoms with Crippen molar-refractivity contribution in [3.05, 3.63) is 34.9 Å². The first-order valence-corrected chi connectivity index (χ1v) is 13.5. The molecule has 2 N–H and O–H groups in total. The minimum Gasteiger partial charge on any atom is -0.444 e. The van der Waals surface area contributed by atoms with Crippen LogP contribution >= 0.6 is 0 Å². The molecule has 0 aromatic heterocycles. The van der Waals surface area contributed by atoms with Crippen LogP contribution in [0.2, 0.25) is 0 Å². The third-order valence-electron chi connectivity index (χ3n) is 6.45. The second-order valence-electron chi connectivity index (χ2n) is 10.7. The molecule has 1 atom stereocenters. The molecule has 1 saturated heterocycles. The average molecular weight is 532 g/mol. The van der Waals surface area contributed by atoms with Crippen LogP contribution in [0.4, 0.5) is 4.79 Å². The van der Waals surface area contributed by atoms with Gasteiger partial charge in [-0.15, -0.1) is 0 Å². The van der Waals surface area contributed by atoms with Crippen molar-refractivity contribution < 1.29 is 33.4 Å². The van der Waals surface area contributed by atoms with Crippen molar-refractivity contribution in [3.63, 3.8) is 0 Å². The number of alkyl carbamates (subject to hydrolysis) is 1. The van der Waals surface area contributed by atoms with Gasteiger partial charge in [0.05, 0.1) is 19.8 Å². The zero-order valence-corrected chi connectivity index (χ0v) is 22.8. The van der Waals surface area contributed by atoms with E-state index in [4.69, 9.17) is 14.2 Å². The lowest BCUT2D eigenvalue weighted by Gasteiger charge is -2.29. The van der Waals surface area contributed by atoms with E-state index >= 15 is 0 Å². The van der Waals surface area contributed by atoms with Crippen molar-refractivity contribution >= 4 is 23.8 Å². The number of imide groups is 1. The van der Waals surface area contributed by atoms with Gasteiger partial charge in [0.25, 0.3) is 5.91 Å². The Kier molecular flexibility index (Phi) is 11.1. The van der Waals surface area contributed by atoms with Crippen LogP contribution in [-0.2, 0) is 36.8 Å². The Morgan fingerprint density at radius 3 is 2.50 bits per heavy atom. The molecule has 3 rings (SSSR count). The minimum atomic E-state index is -0.584. The lowest BCUT2D eigenvalue weighted by atomic mass is 9.98. The first kappa shape index (κ1) is 29.6. The quantitative estimate of drug-likeness (QED) is 0.279. The molecule has 0 bridgehead atoms. The average Bonchev–Trinajstić information content (AvgIpc) is 3.18. The largest absolute Gasteiger partial charge is 0.444 e. The molecule has 1 aromatic carbocycles. The predicted molar refractivity (Wildman–Crippen MR) is 141 cm³/mol. The van der Waals surface area contributed by atoms with E-state index < -0.39 is 17.7 Å². The number of nitrogens with one attached hydrogen (secondary N) is 2. The maximum atomic E-state index is 12.9. The van der Waals surface area contributed by atoms with Crippen LogP contribution in [0.15, 0.2) is 18.2 Å². The molecule has 0 saturated carbocycles. The number of ether oxygens (including phenoxy) is 3. The Hall–Kier alpha value is -2.98. The maximum absolute atomic E-state index is 12.9. The zero-order chi connectivity index (χ0) is 27.5. The van der Waals surface area contributed by atoms with Crippen molar-refractivity contribution in [3.8, 4) is 0 Å². The number of fused-ring (bicyclic) bond motifs is 1. The van der Waals surface area contributed by atoms with Gasteiger partial charge in [-0.25, -0.2) is 4.79 Å². The van der Waals surface area contributed by atoms with Gasteiger partial charge in [-0.3, -0.25) is 19.7 Å². The molecule has 10 nitrogen and oxygen atoms in total. The van der Waals surface area contributed by atoms with Gasteiger partial charge in [0.15, 0.2) is 0 Å². The topological polar surface area (TPSA) is 123 Å². The third kappa shape index (κ3) is 9.09. The zero-order valence-electron chi connectivity index (χ0n) is 22.8. The second kappa shape index (κ2) is 14.2. The number of hydrogen-bond donors (Lipinski definition) is 2. The van der Waals surface area contributed by atoms with Crippen molar-refractivity contribution in [2.45, 2.75) is 83.9 Å². The number of carbonyl (C=O) groups is 4. The Balaban J connectivity index is 1.24. The van der Waals surface area contributed by atoms with E-state index in [1.807, 2.05) is 32.9 Å². The molecule has 0 aliphatic carbocycles. The smallest absolute Gasteiger partial charge is 0.407 e. The first-order valence-electron chi connectivity index (χ1n) is 13.5. The Bertz CT molecular complexity index is 989. The van der Waals surface area contributed by atoms with Gasteiger partial charge in [-0.05, 0) is 63.6 Å². The number of rotatable bonds is 14. The summed E-state index contributed by atoms with van der Waals surface area (Å²) in [6.45, 7) is 8.34. The molecular weight excluding hydrogens is 490 g/mol. The molecule has 1 fully saturated rings. The van der Waals surface area contributed by atoms with Gasteiger partial charge < -0.3 is 24.4 Å². The first-order chi connectivity index (χ1) is 18.2. The van der Waals surface area contributed by atoms with E-state index in [2.05, 4.69) is 16.7 Å². The number of unbranched alkanes of at least 4 members (excludes halogenated alkanes) is 3. The molecule has 210 valence electrons. The van der Waals surface area contributed by atoms with Crippen LogP contribution in [0.5, 0.6) is 0 Å². The van der Waals surface area contributed by atoms with E-state index in [1.54, 1.807) is 4.90 Å². The van der Waals surface area contributed by atoms with Crippen LogP contribution in [0.25, 0.3) is 0 Å². The SMILES string of the molecule is CC(C)(C)OC(=O)NCCOCCOCCCCCCc1cccc2c1CN(C1CCC(=O)NC1=O)C2=O. The van der Waals surface area contributed by atoms with Gasteiger partial charge in [-0.2, -0.15) is 0 Å². The standard InChI is InChI=1S/C28H41N3O7/c1-28(2,3)38-27(35)29-14-16-37-18-17-36-15-7-5-4-6-9-20-10-8-11-21-22(20)19-31(26(21)34)23-12-13-24(32)30-25(23)33/h8,10-11,23H,4-7,9,12-19H2,1-3H3,(H,29,35)(H,30,32,33).